The Hall–Kier alpha value is -1.12. The molecule has 0 bridgehead atoms. The van der Waals surface area contributed by atoms with Crippen LogP contribution in [-0.4, -0.2) is 29.1 Å². The van der Waals surface area contributed by atoms with Crippen molar-refractivity contribution in [3.05, 3.63) is 48.6 Å². The first-order valence-electron chi connectivity index (χ1n) is 5.91. The first kappa shape index (κ1) is 11.4. The molecule has 0 aliphatic carbocycles. The molecule has 1 saturated heterocycles. The molecule has 0 saturated carbocycles. The van der Waals surface area contributed by atoms with E-state index in [1.54, 1.807) is 0 Å². The zero-order chi connectivity index (χ0) is 11.4. The van der Waals surface area contributed by atoms with Crippen molar-refractivity contribution in [3.63, 3.8) is 0 Å². The number of aliphatic hydroxyl groups is 1. The number of benzene rings is 1. The van der Waals surface area contributed by atoms with E-state index in [0.717, 1.165) is 25.1 Å². The van der Waals surface area contributed by atoms with Crippen LogP contribution < -0.4 is 0 Å². The first-order chi connectivity index (χ1) is 7.83. The van der Waals surface area contributed by atoms with E-state index in [4.69, 9.17) is 0 Å². The summed E-state index contributed by atoms with van der Waals surface area (Å²) in [5.41, 5.74) is 1.02. The molecule has 2 nitrogen and oxygen atoms in total. The van der Waals surface area contributed by atoms with Crippen molar-refractivity contribution in [2.24, 2.45) is 0 Å². The van der Waals surface area contributed by atoms with E-state index < -0.39 is 0 Å². The Labute approximate surface area is 97.2 Å². The highest BCUT2D eigenvalue weighted by molar-refractivity contribution is 5.19. The summed E-state index contributed by atoms with van der Waals surface area (Å²) in [4.78, 5) is 2.31. The monoisotopic (exact) mass is 217 g/mol. The van der Waals surface area contributed by atoms with Gasteiger partial charge in [0.05, 0.1) is 6.10 Å². The van der Waals surface area contributed by atoms with Crippen molar-refractivity contribution < 1.29 is 5.11 Å². The van der Waals surface area contributed by atoms with E-state index in [2.05, 4.69) is 11.5 Å². The van der Waals surface area contributed by atoms with Gasteiger partial charge < -0.3 is 5.11 Å². The van der Waals surface area contributed by atoms with Crippen LogP contribution in [0, 0.1) is 0 Å². The van der Waals surface area contributed by atoms with Gasteiger partial charge in [0.15, 0.2) is 0 Å². The first-order valence-corrected chi connectivity index (χ1v) is 5.91. The second-order valence-electron chi connectivity index (χ2n) is 4.35. The van der Waals surface area contributed by atoms with Crippen LogP contribution in [0.3, 0.4) is 0 Å². The molecule has 1 aromatic rings. The van der Waals surface area contributed by atoms with Crippen LogP contribution in [0.5, 0.6) is 0 Å². The van der Waals surface area contributed by atoms with Gasteiger partial charge in [-0.15, -0.1) is 6.58 Å². The van der Waals surface area contributed by atoms with Gasteiger partial charge >= 0.3 is 0 Å². The molecule has 2 rings (SSSR count). The van der Waals surface area contributed by atoms with Crippen molar-refractivity contribution in [3.8, 4) is 0 Å². The number of hydrogen-bond acceptors (Lipinski definition) is 2. The van der Waals surface area contributed by atoms with Crippen LogP contribution in [0.2, 0.25) is 0 Å². The average molecular weight is 217 g/mol. The van der Waals surface area contributed by atoms with Crippen LogP contribution in [0.25, 0.3) is 0 Å². The van der Waals surface area contributed by atoms with E-state index in [-0.39, 0.29) is 12.1 Å². The molecule has 1 aliphatic rings. The lowest BCUT2D eigenvalue weighted by Gasteiger charge is -2.27. The van der Waals surface area contributed by atoms with Gasteiger partial charge in [-0.05, 0) is 24.9 Å². The molecule has 0 spiro atoms. The van der Waals surface area contributed by atoms with E-state index in [0.29, 0.717) is 0 Å². The Kier molecular flexibility index (Phi) is 3.75. The Balaban J connectivity index is 2.09. The van der Waals surface area contributed by atoms with Gasteiger partial charge in [-0.2, -0.15) is 0 Å². The van der Waals surface area contributed by atoms with Crippen molar-refractivity contribution in [1.29, 1.82) is 0 Å². The largest absolute Gasteiger partial charge is 0.387 e. The zero-order valence-corrected chi connectivity index (χ0v) is 9.55. The van der Waals surface area contributed by atoms with Crippen molar-refractivity contribution in [2.75, 3.05) is 13.1 Å². The van der Waals surface area contributed by atoms with E-state index in [9.17, 15) is 5.11 Å². The highest BCUT2D eigenvalue weighted by Crippen LogP contribution is 2.28. The fourth-order valence-electron chi connectivity index (χ4n) is 2.47. The van der Waals surface area contributed by atoms with Crippen molar-refractivity contribution >= 4 is 0 Å². The third kappa shape index (κ3) is 2.34. The molecule has 16 heavy (non-hydrogen) atoms. The molecule has 0 aromatic heterocycles. The van der Waals surface area contributed by atoms with Gasteiger partial charge in [0, 0.05) is 12.6 Å². The van der Waals surface area contributed by atoms with Gasteiger partial charge in [0.25, 0.3) is 0 Å². The molecule has 0 unspecified atom stereocenters. The molecule has 1 heterocycles. The second-order valence-corrected chi connectivity index (χ2v) is 4.35. The molecular weight excluding hydrogens is 198 g/mol. The third-order valence-corrected chi connectivity index (χ3v) is 3.28. The summed E-state index contributed by atoms with van der Waals surface area (Å²) in [6.07, 6.45) is 3.78. The SMILES string of the molecule is C=CCN1CCC[C@H]1[C@H](O)c1ccccc1. The Morgan fingerprint density at radius 1 is 1.44 bits per heavy atom. The standard InChI is InChI=1S/C14H19NO/c1-2-10-15-11-6-9-13(15)14(16)12-7-4-3-5-8-12/h2-5,7-8,13-14,16H,1,6,9-11H2/t13-,14+/m0/s1. The number of nitrogens with zero attached hydrogens (tertiary/aromatic N) is 1. The minimum Gasteiger partial charge on any atom is -0.387 e. The molecule has 0 radical (unpaired) electrons. The number of likely N-dealkylation sites (tertiary alicyclic amines) is 1. The molecule has 0 amide bonds. The Morgan fingerprint density at radius 2 is 2.19 bits per heavy atom. The lowest BCUT2D eigenvalue weighted by Crippen LogP contribution is -2.34. The minimum atomic E-state index is -0.372. The summed E-state index contributed by atoms with van der Waals surface area (Å²) < 4.78 is 0. The molecule has 2 atom stereocenters. The van der Waals surface area contributed by atoms with Crippen LogP contribution in [0.4, 0.5) is 0 Å². The van der Waals surface area contributed by atoms with Crippen LogP contribution in [-0.2, 0) is 0 Å². The van der Waals surface area contributed by atoms with Crippen molar-refractivity contribution in [2.45, 2.75) is 25.0 Å². The predicted octanol–water partition coefficient (Wildman–Crippen LogP) is 2.37. The van der Waals surface area contributed by atoms with Gasteiger partial charge in [-0.3, -0.25) is 4.90 Å². The molecule has 1 N–H and O–H groups in total. The number of hydrogen-bond donors (Lipinski definition) is 1. The van der Waals surface area contributed by atoms with Crippen LogP contribution >= 0.6 is 0 Å². The minimum absolute atomic E-state index is 0.250. The Bertz CT molecular complexity index is 336. The topological polar surface area (TPSA) is 23.5 Å². The smallest absolute Gasteiger partial charge is 0.0945 e. The molecule has 2 heteroatoms. The molecular formula is C14H19NO. The van der Waals surface area contributed by atoms with E-state index in [1.807, 2.05) is 36.4 Å². The molecule has 86 valence electrons. The third-order valence-electron chi connectivity index (χ3n) is 3.28. The summed E-state index contributed by atoms with van der Waals surface area (Å²) >= 11 is 0. The van der Waals surface area contributed by atoms with Gasteiger partial charge in [0.1, 0.15) is 0 Å². The normalized spacial score (nSPS) is 23.2. The maximum atomic E-state index is 10.3. The summed E-state index contributed by atoms with van der Waals surface area (Å²) in [5, 5.41) is 10.3. The van der Waals surface area contributed by atoms with Gasteiger partial charge in [-0.25, -0.2) is 0 Å². The van der Waals surface area contributed by atoms with E-state index in [1.165, 1.54) is 6.42 Å². The molecule has 1 fully saturated rings. The lowest BCUT2D eigenvalue weighted by atomic mass is 10.0. The fraction of sp³-hybridized carbons (Fsp3) is 0.429. The maximum Gasteiger partial charge on any atom is 0.0945 e. The summed E-state index contributed by atoms with van der Waals surface area (Å²) in [6.45, 7) is 5.71. The fourth-order valence-corrected chi connectivity index (χ4v) is 2.47. The van der Waals surface area contributed by atoms with E-state index >= 15 is 0 Å². The van der Waals surface area contributed by atoms with Crippen LogP contribution in [0.1, 0.15) is 24.5 Å². The Morgan fingerprint density at radius 3 is 2.88 bits per heavy atom. The quantitative estimate of drug-likeness (QED) is 0.783. The van der Waals surface area contributed by atoms with Gasteiger partial charge in [0.2, 0.25) is 0 Å². The summed E-state index contributed by atoms with van der Waals surface area (Å²) in [6, 6.07) is 10.2. The second kappa shape index (κ2) is 5.28. The number of aliphatic hydroxyl groups excluding tert-OH is 1. The average Bonchev–Trinajstić information content (AvgIpc) is 2.78. The lowest BCUT2D eigenvalue weighted by molar-refractivity contribution is 0.0786. The highest BCUT2D eigenvalue weighted by atomic mass is 16.3. The highest BCUT2D eigenvalue weighted by Gasteiger charge is 2.30. The van der Waals surface area contributed by atoms with Gasteiger partial charge in [-0.1, -0.05) is 36.4 Å². The molecule has 1 aromatic carbocycles. The predicted molar refractivity (Wildman–Crippen MR) is 66.2 cm³/mol. The molecule has 1 aliphatic heterocycles. The number of rotatable bonds is 4. The maximum absolute atomic E-state index is 10.3. The van der Waals surface area contributed by atoms with Crippen molar-refractivity contribution in [1.82, 2.24) is 4.90 Å². The van der Waals surface area contributed by atoms with Crippen LogP contribution in [0.15, 0.2) is 43.0 Å². The summed E-state index contributed by atoms with van der Waals surface area (Å²) in [5.74, 6) is 0. The zero-order valence-electron chi connectivity index (χ0n) is 9.55. The summed E-state index contributed by atoms with van der Waals surface area (Å²) in [7, 11) is 0.